The highest BCUT2D eigenvalue weighted by atomic mass is 127. The Hall–Kier alpha value is -0.710. The lowest BCUT2D eigenvalue weighted by molar-refractivity contribution is 0.0695. The van der Waals surface area contributed by atoms with Crippen LogP contribution in [0, 0.1) is 3.57 Å². The fourth-order valence-electron chi connectivity index (χ4n) is 1.47. The summed E-state index contributed by atoms with van der Waals surface area (Å²) < 4.78 is 26.4. The molecule has 0 atom stereocenters. The number of hydrogen-bond donors (Lipinski definition) is 1. The molecule has 0 aliphatic heterocycles. The molecule has 0 fully saturated rings. The van der Waals surface area contributed by atoms with Crippen LogP contribution in [-0.4, -0.2) is 62.9 Å². The van der Waals surface area contributed by atoms with Crippen molar-refractivity contribution in [2.45, 2.75) is 4.90 Å². The molecule has 6 nitrogen and oxygen atoms in total. The van der Waals surface area contributed by atoms with E-state index in [0.717, 1.165) is 0 Å². The molecule has 0 amide bonds. The Balaban J connectivity index is 3.09. The lowest BCUT2D eigenvalue weighted by Gasteiger charge is -2.19. The van der Waals surface area contributed by atoms with E-state index in [0.29, 0.717) is 16.7 Å². The van der Waals surface area contributed by atoms with Crippen LogP contribution in [0.3, 0.4) is 0 Å². The molecule has 8 heteroatoms. The standard InChI is InChI=1S/C12H17IN2O4S/c1-14(2)6-7-15(3)20(18,19)9-4-5-11(13)10(8-9)12(16)17/h4-5,8H,6-7H2,1-3H3,(H,16,17). The number of sulfonamides is 1. The minimum absolute atomic E-state index is 0.00317. The molecule has 0 aromatic heterocycles. The van der Waals surface area contributed by atoms with Gasteiger partial charge in [0.15, 0.2) is 0 Å². The van der Waals surface area contributed by atoms with Crippen molar-refractivity contribution in [3.05, 3.63) is 27.3 Å². The van der Waals surface area contributed by atoms with Crippen molar-refractivity contribution in [1.29, 1.82) is 0 Å². The molecule has 0 spiro atoms. The fraction of sp³-hybridized carbons (Fsp3) is 0.417. The number of aromatic carboxylic acids is 1. The maximum Gasteiger partial charge on any atom is 0.336 e. The van der Waals surface area contributed by atoms with Crippen LogP contribution in [0.1, 0.15) is 10.4 Å². The van der Waals surface area contributed by atoms with Crippen LogP contribution in [0.5, 0.6) is 0 Å². The summed E-state index contributed by atoms with van der Waals surface area (Å²) in [6.07, 6.45) is 0. The first-order valence-corrected chi connectivity index (χ1v) is 8.32. The molecule has 0 radical (unpaired) electrons. The third-order valence-corrected chi connectivity index (χ3v) is 5.53. The van der Waals surface area contributed by atoms with Gasteiger partial charge in [0.2, 0.25) is 10.0 Å². The molecule has 1 aromatic carbocycles. The number of carboxylic acids is 1. The molecule has 1 N–H and O–H groups in total. The summed E-state index contributed by atoms with van der Waals surface area (Å²) in [5.41, 5.74) is -0.00677. The Kier molecular flexibility index (Phi) is 5.92. The van der Waals surface area contributed by atoms with Gasteiger partial charge < -0.3 is 10.0 Å². The third-order valence-electron chi connectivity index (χ3n) is 2.74. The van der Waals surface area contributed by atoms with Gasteiger partial charge in [0.25, 0.3) is 0 Å². The third kappa shape index (κ3) is 4.14. The second-order valence-corrected chi connectivity index (χ2v) is 7.78. The number of halogens is 1. The molecule has 0 saturated heterocycles. The first-order valence-electron chi connectivity index (χ1n) is 5.80. The molecular weight excluding hydrogens is 395 g/mol. The zero-order chi connectivity index (χ0) is 15.5. The molecule has 0 heterocycles. The molecule has 0 unspecified atom stereocenters. The first-order chi connectivity index (χ1) is 9.16. The number of likely N-dealkylation sites (N-methyl/N-ethyl adjacent to an activating group) is 2. The average molecular weight is 412 g/mol. The molecule has 0 bridgehead atoms. The summed E-state index contributed by atoms with van der Waals surface area (Å²) in [6, 6.07) is 4.12. The molecule has 112 valence electrons. The van der Waals surface area contributed by atoms with Gasteiger partial charge in [0.1, 0.15) is 0 Å². The number of rotatable bonds is 6. The summed E-state index contributed by atoms with van der Waals surface area (Å²) in [6.45, 7) is 0.926. The van der Waals surface area contributed by atoms with Gasteiger partial charge in [-0.1, -0.05) is 0 Å². The van der Waals surface area contributed by atoms with E-state index < -0.39 is 16.0 Å². The van der Waals surface area contributed by atoms with Gasteiger partial charge in [0, 0.05) is 23.7 Å². The van der Waals surface area contributed by atoms with Crippen molar-refractivity contribution >= 4 is 38.6 Å². The number of carbonyl (C=O) groups is 1. The number of nitrogens with zero attached hydrogens (tertiary/aromatic N) is 2. The van der Waals surface area contributed by atoms with Crippen molar-refractivity contribution in [3.8, 4) is 0 Å². The molecule has 0 aliphatic carbocycles. The van der Waals surface area contributed by atoms with Crippen LogP contribution >= 0.6 is 22.6 Å². The lowest BCUT2D eigenvalue weighted by Crippen LogP contribution is -2.33. The maximum absolute atomic E-state index is 12.3. The van der Waals surface area contributed by atoms with Crippen LogP contribution in [0.2, 0.25) is 0 Å². The first kappa shape index (κ1) is 17.3. The van der Waals surface area contributed by atoms with Crippen LogP contribution < -0.4 is 0 Å². The SMILES string of the molecule is CN(C)CCN(C)S(=O)(=O)c1ccc(I)c(C(=O)O)c1. The van der Waals surface area contributed by atoms with E-state index in [1.54, 1.807) is 0 Å². The number of benzene rings is 1. The zero-order valence-electron chi connectivity index (χ0n) is 11.5. The average Bonchev–Trinajstić information content (AvgIpc) is 2.35. The van der Waals surface area contributed by atoms with Gasteiger partial charge in [-0.05, 0) is 54.9 Å². The normalized spacial score (nSPS) is 12.1. The minimum Gasteiger partial charge on any atom is -0.478 e. The van der Waals surface area contributed by atoms with Crippen molar-refractivity contribution in [2.75, 3.05) is 34.2 Å². The summed E-state index contributed by atoms with van der Waals surface area (Å²) in [4.78, 5) is 12.9. The van der Waals surface area contributed by atoms with Gasteiger partial charge >= 0.3 is 5.97 Å². The van der Waals surface area contributed by atoms with Gasteiger partial charge in [-0.3, -0.25) is 0 Å². The van der Waals surface area contributed by atoms with Gasteiger partial charge in [-0.25, -0.2) is 13.2 Å². The summed E-state index contributed by atoms with van der Waals surface area (Å²) in [7, 11) is 1.53. The summed E-state index contributed by atoms with van der Waals surface area (Å²) >= 11 is 1.87. The Bertz CT molecular complexity index is 601. The quantitative estimate of drug-likeness (QED) is 0.710. The molecule has 0 saturated carbocycles. The summed E-state index contributed by atoms with van der Waals surface area (Å²) in [5, 5.41) is 9.05. The van der Waals surface area contributed by atoms with E-state index in [9.17, 15) is 13.2 Å². The van der Waals surface area contributed by atoms with E-state index in [-0.39, 0.29) is 10.5 Å². The fourth-order valence-corrected chi connectivity index (χ4v) is 3.22. The maximum atomic E-state index is 12.3. The van der Waals surface area contributed by atoms with E-state index >= 15 is 0 Å². The van der Waals surface area contributed by atoms with E-state index in [1.165, 1.54) is 29.6 Å². The highest BCUT2D eigenvalue weighted by Crippen LogP contribution is 2.20. The van der Waals surface area contributed by atoms with Crippen LogP contribution in [0.4, 0.5) is 0 Å². The van der Waals surface area contributed by atoms with Crippen molar-refractivity contribution in [1.82, 2.24) is 9.21 Å². The predicted octanol–water partition coefficient (Wildman–Crippen LogP) is 1.17. The zero-order valence-corrected chi connectivity index (χ0v) is 14.5. The van der Waals surface area contributed by atoms with E-state index in [4.69, 9.17) is 5.11 Å². The van der Waals surface area contributed by atoms with E-state index in [1.807, 2.05) is 41.6 Å². The lowest BCUT2D eigenvalue weighted by atomic mass is 10.2. The van der Waals surface area contributed by atoms with Gasteiger partial charge in [-0.2, -0.15) is 4.31 Å². The molecule has 20 heavy (non-hydrogen) atoms. The molecular formula is C12H17IN2O4S. The van der Waals surface area contributed by atoms with Crippen LogP contribution in [0.15, 0.2) is 23.1 Å². The van der Waals surface area contributed by atoms with Crippen molar-refractivity contribution < 1.29 is 18.3 Å². The number of carboxylic acid groups (broad SMARTS) is 1. The van der Waals surface area contributed by atoms with Crippen LogP contribution in [-0.2, 0) is 10.0 Å². The second-order valence-electron chi connectivity index (χ2n) is 4.58. The van der Waals surface area contributed by atoms with Crippen LogP contribution in [0.25, 0.3) is 0 Å². The smallest absolute Gasteiger partial charge is 0.336 e. The molecule has 1 aromatic rings. The Morgan fingerprint density at radius 2 is 1.85 bits per heavy atom. The Morgan fingerprint density at radius 3 is 2.35 bits per heavy atom. The summed E-state index contributed by atoms with van der Waals surface area (Å²) in [5.74, 6) is -1.14. The number of hydrogen-bond acceptors (Lipinski definition) is 4. The second kappa shape index (κ2) is 6.83. The Morgan fingerprint density at radius 1 is 1.25 bits per heavy atom. The predicted molar refractivity (Wildman–Crippen MR) is 84.5 cm³/mol. The van der Waals surface area contributed by atoms with E-state index in [2.05, 4.69) is 0 Å². The monoisotopic (exact) mass is 412 g/mol. The van der Waals surface area contributed by atoms with Gasteiger partial charge in [-0.15, -0.1) is 0 Å². The molecule has 1 rings (SSSR count). The largest absolute Gasteiger partial charge is 0.478 e. The highest BCUT2D eigenvalue weighted by molar-refractivity contribution is 14.1. The van der Waals surface area contributed by atoms with Crippen molar-refractivity contribution in [3.63, 3.8) is 0 Å². The topological polar surface area (TPSA) is 77.9 Å². The minimum atomic E-state index is -3.67. The van der Waals surface area contributed by atoms with Gasteiger partial charge in [0.05, 0.1) is 10.5 Å². The highest BCUT2D eigenvalue weighted by Gasteiger charge is 2.22. The Labute approximate surface area is 132 Å². The van der Waals surface area contributed by atoms with Crippen molar-refractivity contribution in [2.24, 2.45) is 0 Å². The molecule has 0 aliphatic rings.